The highest BCUT2D eigenvalue weighted by Crippen LogP contribution is 2.36. The van der Waals surface area contributed by atoms with Crippen LogP contribution < -0.4 is 4.74 Å². The van der Waals surface area contributed by atoms with Crippen molar-refractivity contribution in [1.29, 1.82) is 0 Å². The minimum absolute atomic E-state index is 0.0365. The summed E-state index contributed by atoms with van der Waals surface area (Å²) < 4.78 is 18.1. The smallest absolute Gasteiger partial charge is 0.419 e. The minimum atomic E-state index is -0.608. The van der Waals surface area contributed by atoms with Gasteiger partial charge in [-0.3, -0.25) is 14.4 Å². The normalized spacial score (nSPS) is 16.5. The Morgan fingerprint density at radius 2 is 1.83 bits per heavy atom. The van der Waals surface area contributed by atoms with Gasteiger partial charge in [0.1, 0.15) is 17.2 Å². The number of aromatic nitrogens is 3. The predicted molar refractivity (Wildman–Crippen MR) is 160 cm³/mol. The number of H-pyrrole nitrogens is 1. The van der Waals surface area contributed by atoms with Crippen LogP contribution in [0.3, 0.4) is 0 Å². The summed E-state index contributed by atoms with van der Waals surface area (Å²) in [5, 5.41) is 0.954. The number of carbonyl (C=O) groups is 2. The maximum atomic E-state index is 13.1. The quantitative estimate of drug-likeness (QED) is 0.297. The van der Waals surface area contributed by atoms with E-state index in [4.69, 9.17) is 14.2 Å². The molecule has 42 heavy (non-hydrogen) atoms. The molecule has 0 aliphatic carbocycles. The maximum absolute atomic E-state index is 13.1. The molecule has 1 aliphatic rings. The Bertz CT molecular complexity index is 1550. The highest BCUT2D eigenvalue weighted by molar-refractivity contribution is 5.95. The predicted octanol–water partition coefficient (Wildman–Crippen LogP) is 5.31. The number of aryl methyl sites for hydroxylation is 1. The monoisotopic (exact) mass is 573 g/mol. The second-order valence-corrected chi connectivity index (χ2v) is 11.7. The third kappa shape index (κ3) is 6.19. The lowest BCUT2D eigenvalue weighted by Gasteiger charge is -2.42. The number of fused-ring (bicyclic) bond motifs is 1. The molecule has 10 nitrogen and oxygen atoms in total. The van der Waals surface area contributed by atoms with Gasteiger partial charge in [-0.1, -0.05) is 12.1 Å². The summed E-state index contributed by atoms with van der Waals surface area (Å²) in [7, 11) is 3.07. The van der Waals surface area contributed by atoms with Crippen molar-refractivity contribution in [3.05, 3.63) is 83.1 Å². The first-order chi connectivity index (χ1) is 20.1. The first kappa shape index (κ1) is 29.3. The van der Waals surface area contributed by atoms with Crippen LogP contribution in [0.2, 0.25) is 0 Å². The molecular formula is C32H39N5O5. The van der Waals surface area contributed by atoms with Gasteiger partial charge < -0.3 is 19.2 Å². The fourth-order valence-corrected chi connectivity index (χ4v) is 5.66. The van der Waals surface area contributed by atoms with E-state index < -0.39 is 11.7 Å². The number of piperazine rings is 1. The summed E-state index contributed by atoms with van der Waals surface area (Å²) in [6, 6.07) is 11.6. The van der Waals surface area contributed by atoms with Crippen molar-refractivity contribution in [1.82, 2.24) is 24.3 Å². The van der Waals surface area contributed by atoms with Crippen molar-refractivity contribution in [2.75, 3.05) is 33.9 Å². The van der Waals surface area contributed by atoms with Crippen LogP contribution in [0.4, 0.5) is 4.79 Å². The second-order valence-electron chi connectivity index (χ2n) is 11.7. The standard InChI is InChI=1S/C32H39N5O5/c1-21-17-27(40-5)25(24-11-14-37(29(21)24)31(39)42-32(2,3)4)18-36-16-15-35(20-28-33-12-13-34-28)19-26(36)22-7-9-23(10-8-22)30(38)41-6/h7-14,17,26H,15-16,18-20H2,1-6H3,(H,33,34)/t26-/m1/s1. The van der Waals surface area contributed by atoms with E-state index in [9.17, 15) is 9.59 Å². The average Bonchev–Trinajstić information content (AvgIpc) is 3.64. The number of esters is 1. The molecule has 1 saturated heterocycles. The van der Waals surface area contributed by atoms with Gasteiger partial charge in [0.15, 0.2) is 0 Å². The van der Waals surface area contributed by atoms with E-state index in [1.165, 1.54) is 7.11 Å². The molecule has 10 heteroatoms. The molecule has 0 radical (unpaired) electrons. The van der Waals surface area contributed by atoms with Crippen LogP contribution >= 0.6 is 0 Å². The maximum Gasteiger partial charge on any atom is 0.419 e. The Hall–Kier alpha value is -4.15. The topological polar surface area (TPSA) is 102 Å². The zero-order valence-electron chi connectivity index (χ0n) is 25.1. The fourth-order valence-electron chi connectivity index (χ4n) is 5.66. The van der Waals surface area contributed by atoms with E-state index >= 15 is 0 Å². The summed E-state index contributed by atoms with van der Waals surface area (Å²) in [5.41, 5.74) is 3.76. The van der Waals surface area contributed by atoms with Crippen molar-refractivity contribution < 1.29 is 23.8 Å². The Morgan fingerprint density at radius 3 is 2.48 bits per heavy atom. The molecule has 0 amide bonds. The molecule has 5 rings (SSSR count). The van der Waals surface area contributed by atoms with Gasteiger partial charge in [-0.2, -0.15) is 0 Å². The lowest BCUT2D eigenvalue weighted by atomic mass is 9.98. The van der Waals surface area contributed by atoms with E-state index in [0.717, 1.165) is 58.8 Å². The summed E-state index contributed by atoms with van der Waals surface area (Å²) in [6.45, 7) is 11.3. The number of methoxy groups -OCH3 is 2. The molecule has 0 unspecified atom stereocenters. The van der Waals surface area contributed by atoms with E-state index in [-0.39, 0.29) is 12.0 Å². The zero-order valence-corrected chi connectivity index (χ0v) is 25.1. The lowest BCUT2D eigenvalue weighted by molar-refractivity contribution is 0.0542. The molecule has 0 saturated carbocycles. The molecule has 222 valence electrons. The van der Waals surface area contributed by atoms with Crippen LogP contribution in [-0.2, 0) is 22.6 Å². The average molecular weight is 574 g/mol. The van der Waals surface area contributed by atoms with E-state index in [1.807, 2.05) is 70.3 Å². The van der Waals surface area contributed by atoms with E-state index in [1.54, 1.807) is 24.1 Å². The van der Waals surface area contributed by atoms with Gasteiger partial charge in [-0.25, -0.2) is 14.6 Å². The third-order valence-corrected chi connectivity index (χ3v) is 7.62. The number of hydrogen-bond donors (Lipinski definition) is 1. The number of nitrogens with zero attached hydrogens (tertiary/aromatic N) is 4. The number of rotatable bonds is 7. The Kier molecular flexibility index (Phi) is 8.38. The van der Waals surface area contributed by atoms with E-state index in [0.29, 0.717) is 18.7 Å². The molecule has 0 spiro atoms. The minimum Gasteiger partial charge on any atom is -0.496 e. The number of nitrogens with one attached hydrogen (secondary N) is 1. The second kappa shape index (κ2) is 12.0. The zero-order chi connectivity index (χ0) is 30.0. The van der Waals surface area contributed by atoms with Gasteiger partial charge >= 0.3 is 12.1 Å². The number of benzene rings is 2. The fraction of sp³-hybridized carbons (Fsp3) is 0.406. The lowest BCUT2D eigenvalue weighted by Crippen LogP contribution is -2.47. The third-order valence-electron chi connectivity index (χ3n) is 7.62. The van der Waals surface area contributed by atoms with Gasteiger partial charge in [-0.15, -0.1) is 0 Å². The van der Waals surface area contributed by atoms with Crippen LogP contribution in [-0.4, -0.2) is 75.9 Å². The van der Waals surface area contributed by atoms with E-state index in [2.05, 4.69) is 19.8 Å². The summed E-state index contributed by atoms with van der Waals surface area (Å²) in [5.74, 6) is 1.34. The summed E-state index contributed by atoms with van der Waals surface area (Å²) in [4.78, 5) is 37.6. The van der Waals surface area contributed by atoms with Gasteiger partial charge in [0.25, 0.3) is 0 Å². The van der Waals surface area contributed by atoms with Crippen molar-refractivity contribution in [3.63, 3.8) is 0 Å². The summed E-state index contributed by atoms with van der Waals surface area (Å²) in [6.07, 6.45) is 4.98. The van der Waals surface area contributed by atoms with Crippen LogP contribution in [0.15, 0.2) is 55.0 Å². The van der Waals surface area contributed by atoms with Crippen LogP contribution in [0, 0.1) is 6.92 Å². The number of ether oxygens (including phenoxy) is 3. The molecule has 2 aromatic heterocycles. The largest absolute Gasteiger partial charge is 0.496 e. The van der Waals surface area contributed by atoms with Crippen molar-refractivity contribution in [2.45, 2.75) is 52.4 Å². The van der Waals surface area contributed by atoms with Gasteiger partial charge in [-0.05, 0) is 63.1 Å². The number of carbonyl (C=O) groups excluding carboxylic acids is 2. The number of aromatic amines is 1. The molecule has 1 aliphatic heterocycles. The van der Waals surface area contributed by atoms with Crippen molar-refractivity contribution in [3.8, 4) is 5.75 Å². The van der Waals surface area contributed by atoms with Gasteiger partial charge in [0.05, 0.1) is 31.8 Å². The molecule has 1 fully saturated rings. The first-order valence-corrected chi connectivity index (χ1v) is 14.1. The van der Waals surface area contributed by atoms with Gasteiger partial charge in [0.2, 0.25) is 0 Å². The van der Waals surface area contributed by atoms with Gasteiger partial charge in [0, 0.05) is 61.8 Å². The van der Waals surface area contributed by atoms with Crippen molar-refractivity contribution in [2.24, 2.45) is 0 Å². The number of hydrogen-bond acceptors (Lipinski definition) is 8. The Labute approximate surface area is 246 Å². The Morgan fingerprint density at radius 1 is 1.07 bits per heavy atom. The van der Waals surface area contributed by atoms with Crippen molar-refractivity contribution >= 4 is 23.0 Å². The molecular weight excluding hydrogens is 534 g/mol. The van der Waals surface area contributed by atoms with Crippen LogP contribution in [0.25, 0.3) is 10.9 Å². The molecule has 0 bridgehead atoms. The first-order valence-electron chi connectivity index (χ1n) is 14.1. The Balaban J connectivity index is 1.50. The van der Waals surface area contributed by atoms with Crippen LogP contribution in [0.5, 0.6) is 5.75 Å². The molecule has 4 aromatic rings. The molecule has 1 atom stereocenters. The molecule has 3 heterocycles. The number of imidazole rings is 1. The highest BCUT2D eigenvalue weighted by atomic mass is 16.6. The SMILES string of the molecule is COC(=O)c1ccc([C@H]2CN(Cc3ncc[nH]3)CCN2Cc2c(OC)cc(C)c3c2ccn3C(=O)OC(C)(C)C)cc1. The van der Waals surface area contributed by atoms with Crippen LogP contribution in [0.1, 0.15) is 59.7 Å². The highest BCUT2D eigenvalue weighted by Gasteiger charge is 2.31. The molecule has 1 N–H and O–H groups in total. The summed E-state index contributed by atoms with van der Waals surface area (Å²) >= 11 is 0. The molecule has 2 aromatic carbocycles.